The van der Waals surface area contributed by atoms with Crippen LogP contribution in [0.1, 0.15) is 15.4 Å². The van der Waals surface area contributed by atoms with Crippen LogP contribution in [-0.2, 0) is 13.1 Å². The maximum Gasteiger partial charge on any atom is 0.194 e. The van der Waals surface area contributed by atoms with Gasteiger partial charge in [-0.1, -0.05) is 30.3 Å². The summed E-state index contributed by atoms with van der Waals surface area (Å²) in [6.07, 6.45) is 1.90. The van der Waals surface area contributed by atoms with E-state index in [9.17, 15) is 0 Å². The average molecular weight is 288 g/mol. The predicted octanol–water partition coefficient (Wildman–Crippen LogP) is 2.66. The maximum atomic E-state index is 4.62. The van der Waals surface area contributed by atoms with Gasteiger partial charge >= 0.3 is 0 Å². The van der Waals surface area contributed by atoms with Crippen molar-refractivity contribution in [2.24, 2.45) is 4.99 Å². The van der Waals surface area contributed by atoms with Gasteiger partial charge in [0.05, 0.1) is 13.1 Å². The van der Waals surface area contributed by atoms with Gasteiger partial charge in [-0.3, -0.25) is 0 Å². The van der Waals surface area contributed by atoms with Crippen LogP contribution in [0.2, 0.25) is 0 Å². The number of aromatic nitrogens is 1. The molecule has 0 aliphatic heterocycles. The standard InChI is InChI=1S/C15H20N4S/c1-12-9-16-14(20-12)11-18-15(19(2)3)17-10-13-7-5-4-6-8-13/h4-9H,10-11H2,1-3H3,(H,17,18). The van der Waals surface area contributed by atoms with Gasteiger partial charge < -0.3 is 10.2 Å². The molecule has 1 heterocycles. The van der Waals surface area contributed by atoms with E-state index in [4.69, 9.17) is 0 Å². The van der Waals surface area contributed by atoms with Crippen LogP contribution in [0.25, 0.3) is 0 Å². The number of hydrogen-bond donors (Lipinski definition) is 1. The monoisotopic (exact) mass is 288 g/mol. The maximum absolute atomic E-state index is 4.62. The van der Waals surface area contributed by atoms with Gasteiger partial charge in [0, 0.05) is 25.2 Å². The van der Waals surface area contributed by atoms with Crippen LogP contribution in [-0.4, -0.2) is 29.9 Å². The zero-order valence-corrected chi connectivity index (χ0v) is 12.9. The number of nitrogens with one attached hydrogen (secondary N) is 1. The first kappa shape index (κ1) is 14.5. The van der Waals surface area contributed by atoms with Crippen molar-refractivity contribution in [3.05, 3.63) is 52.0 Å². The first-order valence-electron chi connectivity index (χ1n) is 6.56. The van der Waals surface area contributed by atoms with E-state index in [0.29, 0.717) is 13.1 Å². The molecule has 1 aromatic heterocycles. The lowest BCUT2D eigenvalue weighted by Crippen LogP contribution is -2.36. The molecular weight excluding hydrogens is 268 g/mol. The minimum atomic E-state index is 0.679. The minimum absolute atomic E-state index is 0.679. The molecule has 4 nitrogen and oxygen atoms in total. The Morgan fingerprint density at radius 2 is 2.05 bits per heavy atom. The number of aliphatic imine (C=N–C) groups is 1. The van der Waals surface area contributed by atoms with Gasteiger partial charge in [0.1, 0.15) is 5.01 Å². The Balaban J connectivity index is 1.96. The van der Waals surface area contributed by atoms with Gasteiger partial charge in [-0.15, -0.1) is 11.3 Å². The van der Waals surface area contributed by atoms with Crippen molar-refractivity contribution in [3.8, 4) is 0 Å². The van der Waals surface area contributed by atoms with Gasteiger partial charge in [-0.25, -0.2) is 9.98 Å². The molecule has 0 bridgehead atoms. The Morgan fingerprint density at radius 1 is 1.30 bits per heavy atom. The van der Waals surface area contributed by atoms with Gasteiger partial charge in [-0.05, 0) is 12.5 Å². The first-order valence-corrected chi connectivity index (χ1v) is 7.37. The molecule has 2 aromatic rings. The van der Waals surface area contributed by atoms with Crippen molar-refractivity contribution in [2.75, 3.05) is 14.1 Å². The molecule has 1 N–H and O–H groups in total. The number of hydrogen-bond acceptors (Lipinski definition) is 3. The molecule has 0 saturated heterocycles. The lowest BCUT2D eigenvalue weighted by Gasteiger charge is -2.17. The average Bonchev–Trinajstić information content (AvgIpc) is 2.85. The minimum Gasteiger partial charge on any atom is -0.350 e. The summed E-state index contributed by atoms with van der Waals surface area (Å²) in [6, 6.07) is 10.3. The second-order valence-electron chi connectivity index (χ2n) is 4.74. The Kier molecular flexibility index (Phi) is 5.12. The highest BCUT2D eigenvalue weighted by Crippen LogP contribution is 2.10. The molecule has 0 unspecified atom stereocenters. The number of thiazole rings is 1. The van der Waals surface area contributed by atoms with Crippen LogP contribution in [0.4, 0.5) is 0 Å². The first-order chi connectivity index (χ1) is 9.65. The fourth-order valence-electron chi connectivity index (χ4n) is 1.74. The molecule has 2 rings (SSSR count). The highest BCUT2D eigenvalue weighted by molar-refractivity contribution is 7.11. The predicted molar refractivity (Wildman–Crippen MR) is 85.0 cm³/mol. The van der Waals surface area contributed by atoms with E-state index in [1.807, 2.05) is 43.4 Å². The van der Waals surface area contributed by atoms with Crippen LogP contribution in [0.3, 0.4) is 0 Å². The number of nitrogens with zero attached hydrogens (tertiary/aromatic N) is 3. The molecule has 0 atom stereocenters. The van der Waals surface area contributed by atoms with Gasteiger partial charge in [0.15, 0.2) is 5.96 Å². The molecule has 1 aromatic carbocycles. The highest BCUT2D eigenvalue weighted by atomic mass is 32.1. The van der Waals surface area contributed by atoms with E-state index in [0.717, 1.165) is 11.0 Å². The van der Waals surface area contributed by atoms with Crippen molar-refractivity contribution in [3.63, 3.8) is 0 Å². The molecule has 106 valence electrons. The fourth-order valence-corrected chi connectivity index (χ4v) is 2.47. The summed E-state index contributed by atoms with van der Waals surface area (Å²) in [5, 5.41) is 4.42. The summed E-state index contributed by atoms with van der Waals surface area (Å²) in [4.78, 5) is 12.2. The topological polar surface area (TPSA) is 40.5 Å². The number of aryl methyl sites for hydroxylation is 1. The van der Waals surface area contributed by atoms with Gasteiger partial charge in [0.2, 0.25) is 0 Å². The summed E-state index contributed by atoms with van der Waals surface area (Å²) >= 11 is 1.71. The summed E-state index contributed by atoms with van der Waals surface area (Å²) in [5.41, 5.74) is 1.21. The van der Waals surface area contributed by atoms with Gasteiger partial charge in [-0.2, -0.15) is 0 Å². The third-order valence-corrected chi connectivity index (χ3v) is 3.66. The highest BCUT2D eigenvalue weighted by Gasteiger charge is 2.04. The second-order valence-corrected chi connectivity index (χ2v) is 6.06. The second kappa shape index (κ2) is 7.05. The molecule has 0 spiro atoms. The molecule has 0 radical (unpaired) electrons. The summed E-state index contributed by atoms with van der Waals surface area (Å²) in [7, 11) is 3.98. The lowest BCUT2D eigenvalue weighted by atomic mass is 10.2. The largest absolute Gasteiger partial charge is 0.350 e. The van der Waals surface area contributed by atoms with Crippen molar-refractivity contribution < 1.29 is 0 Å². The van der Waals surface area contributed by atoms with E-state index in [1.165, 1.54) is 10.4 Å². The van der Waals surface area contributed by atoms with Crippen molar-refractivity contribution in [1.82, 2.24) is 15.2 Å². The molecular formula is C15H20N4S. The lowest BCUT2D eigenvalue weighted by molar-refractivity contribution is 0.578. The number of guanidine groups is 1. The van der Waals surface area contributed by atoms with Crippen molar-refractivity contribution >= 4 is 17.3 Å². The SMILES string of the molecule is Cc1cnc(CNC(=NCc2ccccc2)N(C)C)s1. The summed E-state index contributed by atoms with van der Waals surface area (Å²) in [5.74, 6) is 0.877. The van der Waals surface area contributed by atoms with Crippen LogP contribution in [0.5, 0.6) is 0 Å². The Hall–Kier alpha value is -1.88. The van der Waals surface area contributed by atoms with E-state index in [2.05, 4.69) is 34.3 Å². The van der Waals surface area contributed by atoms with Crippen LogP contribution in [0.15, 0.2) is 41.5 Å². The fraction of sp³-hybridized carbons (Fsp3) is 0.333. The third kappa shape index (κ3) is 4.35. The van der Waals surface area contributed by atoms with Gasteiger partial charge in [0.25, 0.3) is 0 Å². The molecule has 0 amide bonds. The third-order valence-electron chi connectivity index (χ3n) is 2.74. The van der Waals surface area contributed by atoms with E-state index >= 15 is 0 Å². The van der Waals surface area contributed by atoms with E-state index in [-0.39, 0.29) is 0 Å². The molecule has 0 aliphatic carbocycles. The van der Waals surface area contributed by atoms with E-state index < -0.39 is 0 Å². The smallest absolute Gasteiger partial charge is 0.194 e. The van der Waals surface area contributed by atoms with Crippen LogP contribution < -0.4 is 5.32 Å². The molecule has 20 heavy (non-hydrogen) atoms. The van der Waals surface area contributed by atoms with Crippen LogP contribution >= 0.6 is 11.3 Å². The van der Waals surface area contributed by atoms with Crippen LogP contribution in [0, 0.1) is 6.92 Å². The Morgan fingerprint density at radius 3 is 2.65 bits per heavy atom. The number of benzene rings is 1. The molecule has 0 aliphatic rings. The zero-order valence-electron chi connectivity index (χ0n) is 12.1. The summed E-state index contributed by atoms with van der Waals surface area (Å²) in [6.45, 7) is 3.46. The van der Waals surface area contributed by atoms with Crippen molar-refractivity contribution in [2.45, 2.75) is 20.0 Å². The van der Waals surface area contributed by atoms with Crippen molar-refractivity contribution in [1.29, 1.82) is 0 Å². The quantitative estimate of drug-likeness (QED) is 0.694. The van der Waals surface area contributed by atoms with E-state index in [1.54, 1.807) is 11.3 Å². The Bertz CT molecular complexity index is 560. The molecule has 5 heteroatoms. The summed E-state index contributed by atoms with van der Waals surface area (Å²) < 4.78 is 0. The molecule has 0 saturated carbocycles. The zero-order chi connectivity index (χ0) is 14.4. The normalized spacial score (nSPS) is 11.4. The Labute approximate surface area is 124 Å². The number of rotatable bonds is 4. The molecule has 0 fully saturated rings.